The number of nitrogens with zero attached hydrogens (tertiary/aromatic N) is 1. The SMILES string of the molecule is CC(C)C(=O)N(OI)C(C)C. The minimum atomic E-state index is -0.00725. The zero-order chi connectivity index (χ0) is 9.02. The van der Waals surface area contributed by atoms with Gasteiger partial charge in [-0.2, -0.15) is 0 Å². The van der Waals surface area contributed by atoms with Crippen molar-refractivity contribution in [3.63, 3.8) is 0 Å². The second-order valence-corrected chi connectivity index (χ2v) is 3.38. The summed E-state index contributed by atoms with van der Waals surface area (Å²) in [6.45, 7) is 7.54. The maximum absolute atomic E-state index is 11.3. The van der Waals surface area contributed by atoms with E-state index in [1.807, 2.05) is 27.7 Å². The van der Waals surface area contributed by atoms with E-state index >= 15 is 0 Å². The summed E-state index contributed by atoms with van der Waals surface area (Å²) < 4.78 is 4.89. The molecule has 11 heavy (non-hydrogen) atoms. The molecule has 0 spiro atoms. The summed E-state index contributed by atoms with van der Waals surface area (Å²) in [4.78, 5) is 11.3. The number of hydrogen-bond acceptors (Lipinski definition) is 2. The Bertz CT molecular complexity index is 136. The third-order valence-corrected chi connectivity index (χ3v) is 1.68. The van der Waals surface area contributed by atoms with E-state index in [1.165, 1.54) is 5.06 Å². The molecule has 0 aromatic carbocycles. The average molecular weight is 271 g/mol. The summed E-state index contributed by atoms with van der Waals surface area (Å²) in [5, 5.41) is 1.38. The Hall–Kier alpha value is 0.160. The minimum absolute atomic E-state index is 0.00725. The molecule has 0 atom stereocenters. The van der Waals surface area contributed by atoms with E-state index in [0.29, 0.717) is 0 Å². The lowest BCUT2D eigenvalue weighted by Gasteiger charge is -2.23. The smallest absolute Gasteiger partial charge is 0.249 e. The number of hydroxylamine groups is 2. The first kappa shape index (κ1) is 11.2. The second kappa shape index (κ2) is 4.92. The van der Waals surface area contributed by atoms with Crippen molar-refractivity contribution in [2.45, 2.75) is 33.7 Å². The first-order chi connectivity index (χ1) is 5.00. The Labute approximate surface area is 81.7 Å². The number of halogens is 1. The van der Waals surface area contributed by atoms with Crippen molar-refractivity contribution in [1.29, 1.82) is 0 Å². The maximum atomic E-state index is 11.3. The highest BCUT2D eigenvalue weighted by Gasteiger charge is 2.19. The van der Waals surface area contributed by atoms with E-state index in [-0.39, 0.29) is 17.9 Å². The molecule has 4 heteroatoms. The van der Waals surface area contributed by atoms with Gasteiger partial charge in [0.25, 0.3) is 0 Å². The van der Waals surface area contributed by atoms with E-state index in [1.54, 1.807) is 23.0 Å². The van der Waals surface area contributed by atoms with Gasteiger partial charge in [0.1, 0.15) is 23.0 Å². The molecule has 0 heterocycles. The van der Waals surface area contributed by atoms with E-state index in [4.69, 9.17) is 3.17 Å². The van der Waals surface area contributed by atoms with Crippen LogP contribution < -0.4 is 0 Å². The molecule has 0 aromatic heterocycles. The quantitative estimate of drug-likeness (QED) is 0.581. The van der Waals surface area contributed by atoms with Gasteiger partial charge in [-0.3, -0.25) is 4.79 Å². The fourth-order valence-corrected chi connectivity index (χ4v) is 1.27. The fraction of sp³-hybridized carbons (Fsp3) is 0.857. The predicted molar refractivity (Wildman–Crippen MR) is 51.9 cm³/mol. The van der Waals surface area contributed by atoms with Crippen LogP contribution in [0.3, 0.4) is 0 Å². The van der Waals surface area contributed by atoms with E-state index in [0.717, 1.165) is 0 Å². The van der Waals surface area contributed by atoms with Crippen molar-refractivity contribution in [3.8, 4) is 0 Å². The molecular formula is C7H14INO2. The van der Waals surface area contributed by atoms with Crippen LogP contribution in [-0.4, -0.2) is 17.0 Å². The van der Waals surface area contributed by atoms with E-state index < -0.39 is 0 Å². The van der Waals surface area contributed by atoms with Gasteiger partial charge >= 0.3 is 0 Å². The van der Waals surface area contributed by atoms with Gasteiger partial charge in [0.05, 0.1) is 6.04 Å². The first-order valence-corrected chi connectivity index (χ1v) is 4.50. The van der Waals surface area contributed by atoms with Gasteiger partial charge in [0.15, 0.2) is 0 Å². The molecule has 0 fully saturated rings. The highest BCUT2D eigenvalue weighted by atomic mass is 127. The van der Waals surface area contributed by atoms with Gasteiger partial charge in [0, 0.05) is 5.92 Å². The van der Waals surface area contributed by atoms with Gasteiger partial charge in [-0.25, -0.2) is 8.23 Å². The van der Waals surface area contributed by atoms with Crippen molar-refractivity contribution in [1.82, 2.24) is 5.06 Å². The predicted octanol–water partition coefficient (Wildman–Crippen LogP) is 2.16. The molecule has 0 aliphatic heterocycles. The fourth-order valence-electron chi connectivity index (χ4n) is 0.623. The molecule has 0 rings (SSSR count). The van der Waals surface area contributed by atoms with Crippen LogP contribution in [0.1, 0.15) is 27.7 Å². The molecule has 0 aliphatic rings. The Morgan fingerprint density at radius 3 is 1.91 bits per heavy atom. The van der Waals surface area contributed by atoms with Crippen LogP contribution >= 0.6 is 23.0 Å². The summed E-state index contributed by atoms with van der Waals surface area (Å²) >= 11 is 1.72. The lowest BCUT2D eigenvalue weighted by molar-refractivity contribution is -0.159. The van der Waals surface area contributed by atoms with E-state index in [9.17, 15) is 4.79 Å². The molecule has 0 radical (unpaired) electrons. The summed E-state index contributed by atoms with van der Waals surface area (Å²) in [6, 6.07) is 0.0989. The lowest BCUT2D eigenvalue weighted by Crippen LogP contribution is -2.37. The number of carbonyl (C=O) groups is 1. The Balaban J connectivity index is 4.15. The summed E-state index contributed by atoms with van der Waals surface area (Å²) in [6.07, 6.45) is 0. The Morgan fingerprint density at radius 2 is 1.82 bits per heavy atom. The van der Waals surface area contributed by atoms with Crippen LogP contribution in [-0.2, 0) is 7.96 Å². The van der Waals surface area contributed by atoms with Crippen LogP contribution in [0, 0.1) is 5.92 Å². The molecule has 0 bridgehead atoms. The van der Waals surface area contributed by atoms with Gasteiger partial charge < -0.3 is 0 Å². The van der Waals surface area contributed by atoms with Crippen LogP contribution in [0.5, 0.6) is 0 Å². The van der Waals surface area contributed by atoms with Crippen molar-refractivity contribution in [2.75, 3.05) is 0 Å². The zero-order valence-electron chi connectivity index (χ0n) is 7.30. The molecule has 1 amide bonds. The molecule has 0 N–H and O–H groups in total. The first-order valence-electron chi connectivity index (χ1n) is 3.62. The third-order valence-electron chi connectivity index (χ3n) is 1.25. The van der Waals surface area contributed by atoms with Gasteiger partial charge in [-0.05, 0) is 13.8 Å². The summed E-state index contributed by atoms with van der Waals surface area (Å²) in [5.74, 6) is 0.0153. The molecular weight excluding hydrogens is 257 g/mol. The van der Waals surface area contributed by atoms with Crippen molar-refractivity contribution in [2.24, 2.45) is 5.92 Å². The lowest BCUT2D eigenvalue weighted by atomic mass is 10.2. The van der Waals surface area contributed by atoms with Gasteiger partial charge in [0.2, 0.25) is 5.91 Å². The maximum Gasteiger partial charge on any atom is 0.249 e. The topological polar surface area (TPSA) is 29.5 Å². The Morgan fingerprint density at radius 1 is 1.36 bits per heavy atom. The third kappa shape index (κ3) is 3.37. The van der Waals surface area contributed by atoms with Gasteiger partial charge in [-0.1, -0.05) is 13.8 Å². The standard InChI is InChI=1S/C7H14INO2/c1-5(2)7(10)9(11-8)6(3)4/h5-6H,1-4H3. The molecule has 0 saturated carbocycles. The highest BCUT2D eigenvalue weighted by Crippen LogP contribution is 2.09. The molecule has 0 aliphatic carbocycles. The number of rotatable bonds is 3. The number of amides is 1. The largest absolute Gasteiger partial charge is 0.272 e. The minimum Gasteiger partial charge on any atom is -0.272 e. The van der Waals surface area contributed by atoms with E-state index in [2.05, 4.69) is 0 Å². The molecule has 3 nitrogen and oxygen atoms in total. The summed E-state index contributed by atoms with van der Waals surface area (Å²) in [5.41, 5.74) is 0. The van der Waals surface area contributed by atoms with Crippen LogP contribution in [0.25, 0.3) is 0 Å². The van der Waals surface area contributed by atoms with Gasteiger partial charge in [-0.15, -0.1) is 0 Å². The highest BCUT2D eigenvalue weighted by molar-refractivity contribution is 14.1. The monoisotopic (exact) mass is 271 g/mol. The molecule has 0 unspecified atom stereocenters. The van der Waals surface area contributed by atoms with Crippen LogP contribution in [0.15, 0.2) is 0 Å². The number of carbonyl (C=O) groups excluding carboxylic acids is 1. The molecule has 66 valence electrons. The summed E-state index contributed by atoms with van der Waals surface area (Å²) in [7, 11) is 0. The van der Waals surface area contributed by atoms with Crippen LogP contribution in [0.4, 0.5) is 0 Å². The van der Waals surface area contributed by atoms with Crippen LogP contribution in [0.2, 0.25) is 0 Å². The molecule has 0 saturated heterocycles. The van der Waals surface area contributed by atoms with Crippen molar-refractivity contribution in [3.05, 3.63) is 0 Å². The molecule has 0 aromatic rings. The van der Waals surface area contributed by atoms with Crippen molar-refractivity contribution < 1.29 is 7.96 Å². The normalized spacial score (nSPS) is 10.8. The Kier molecular flexibility index (Phi) is 4.99. The average Bonchev–Trinajstić information content (AvgIpc) is 1.88. The zero-order valence-corrected chi connectivity index (χ0v) is 9.45. The van der Waals surface area contributed by atoms with Crippen molar-refractivity contribution >= 4 is 28.9 Å². The second-order valence-electron chi connectivity index (χ2n) is 2.98. The number of hydrogen-bond donors (Lipinski definition) is 0.